The largest absolute Gasteiger partial charge is 0.354 e. The zero-order chi connectivity index (χ0) is 26.1. The highest BCUT2D eigenvalue weighted by Crippen LogP contribution is 2.26. The molecule has 1 saturated heterocycles. The molecule has 1 aromatic heterocycles. The first-order chi connectivity index (χ1) is 17.1. The Labute approximate surface area is 219 Å². The van der Waals surface area contributed by atoms with Crippen LogP contribution in [0.5, 0.6) is 0 Å². The molecule has 2 amide bonds. The third-order valence-electron chi connectivity index (χ3n) is 6.76. The molecular formula is C25H30ClN4O4S2+. The second-order valence-electron chi connectivity index (χ2n) is 9.08. The molecule has 4 rings (SSSR count). The summed E-state index contributed by atoms with van der Waals surface area (Å²) in [5.74, 6) is -0.715. The number of thiazole rings is 1. The molecule has 192 valence electrons. The summed E-state index contributed by atoms with van der Waals surface area (Å²) in [4.78, 5) is 27.1. The second kappa shape index (κ2) is 10.5. The molecule has 3 aromatic rings. The minimum Gasteiger partial charge on any atom is -0.354 e. The van der Waals surface area contributed by atoms with Gasteiger partial charge in [-0.25, -0.2) is 13.2 Å². The third-order valence-corrected chi connectivity index (χ3v) is 9.93. The Morgan fingerprint density at radius 2 is 1.78 bits per heavy atom. The summed E-state index contributed by atoms with van der Waals surface area (Å²) in [6.45, 7) is 2.87. The Kier molecular flexibility index (Phi) is 7.70. The molecule has 0 spiro atoms. The lowest BCUT2D eigenvalue weighted by atomic mass is 10.1. The van der Waals surface area contributed by atoms with Gasteiger partial charge in [0.2, 0.25) is 4.80 Å². The van der Waals surface area contributed by atoms with Gasteiger partial charge in [-0.05, 0) is 66.3 Å². The Morgan fingerprint density at radius 1 is 1.11 bits per heavy atom. The average molecular weight is 550 g/mol. The minimum absolute atomic E-state index is 0.138. The maximum atomic E-state index is 13.6. The van der Waals surface area contributed by atoms with E-state index < -0.39 is 9.84 Å². The first-order valence-electron chi connectivity index (χ1n) is 11.8. The number of halogens is 1. The summed E-state index contributed by atoms with van der Waals surface area (Å²) in [6.07, 6.45) is 2.51. The van der Waals surface area contributed by atoms with Crippen LogP contribution in [0.15, 0.2) is 46.4 Å². The quantitative estimate of drug-likeness (QED) is 0.473. The monoisotopic (exact) mass is 549 g/mol. The minimum atomic E-state index is -3.68. The Bertz CT molecular complexity index is 1500. The van der Waals surface area contributed by atoms with Crippen LogP contribution in [0.25, 0.3) is 10.8 Å². The number of benzene rings is 2. The van der Waals surface area contributed by atoms with E-state index in [2.05, 4.69) is 5.32 Å². The number of fused-ring (bicyclic) bond motifs is 1. The maximum Gasteiger partial charge on any atom is 0.340 e. The van der Waals surface area contributed by atoms with E-state index in [1.807, 2.05) is 18.5 Å². The number of quaternary nitrogens is 1. The van der Waals surface area contributed by atoms with Gasteiger partial charge in [-0.3, -0.25) is 4.79 Å². The predicted octanol–water partition coefficient (Wildman–Crippen LogP) is 3.77. The van der Waals surface area contributed by atoms with Gasteiger partial charge in [-0.2, -0.15) is 0 Å². The number of amides is 2. The van der Waals surface area contributed by atoms with Crippen LogP contribution in [0, 0.1) is 6.92 Å². The van der Waals surface area contributed by atoms with Crippen LogP contribution in [0.4, 0.5) is 0 Å². The van der Waals surface area contributed by atoms with Crippen molar-refractivity contribution >= 4 is 55.4 Å². The summed E-state index contributed by atoms with van der Waals surface area (Å²) in [5, 5.41) is 9.69. The van der Waals surface area contributed by atoms with Crippen LogP contribution >= 0.6 is 22.9 Å². The molecule has 1 aliphatic rings. The number of carbonyl (C=O) groups is 2. The van der Waals surface area contributed by atoms with Gasteiger partial charge in [-0.1, -0.05) is 35.1 Å². The molecule has 0 atom stereocenters. The molecule has 0 saturated carbocycles. The van der Waals surface area contributed by atoms with E-state index in [9.17, 15) is 18.0 Å². The lowest BCUT2D eigenvalue weighted by molar-refractivity contribution is -0.869. The smallest absolute Gasteiger partial charge is 0.340 e. The highest BCUT2D eigenvalue weighted by Gasteiger charge is 2.40. The number of nitrogens with one attached hydrogen (secondary N) is 1. The standard InChI is InChI=1S/C25H29ClN4O4S2/c1-17-23(24(32)27-2)35-25(29(17)3)28-30(12-5-4-6-13-30)22(31)11-14-36(33,34)21-10-8-18-15-20(26)9-7-19(18)16-21/h7-10,15-16H,4-6,11-14H2,1-3H3/p+1/b28-25-. The van der Waals surface area contributed by atoms with Crippen LogP contribution in [0.3, 0.4) is 0 Å². The predicted molar refractivity (Wildman–Crippen MR) is 141 cm³/mol. The Balaban J connectivity index is 1.62. The van der Waals surface area contributed by atoms with Gasteiger partial charge in [0.05, 0.1) is 17.1 Å². The van der Waals surface area contributed by atoms with Gasteiger partial charge in [0, 0.05) is 24.8 Å². The van der Waals surface area contributed by atoms with E-state index in [0.717, 1.165) is 35.7 Å². The molecule has 2 heterocycles. The third kappa shape index (κ3) is 5.27. The highest BCUT2D eigenvalue weighted by molar-refractivity contribution is 7.91. The fourth-order valence-corrected chi connectivity index (χ4v) is 7.06. The summed E-state index contributed by atoms with van der Waals surface area (Å²) in [7, 11) is -0.288. The number of rotatable bonds is 6. The van der Waals surface area contributed by atoms with E-state index >= 15 is 0 Å². The van der Waals surface area contributed by atoms with E-state index in [1.165, 1.54) is 11.3 Å². The van der Waals surface area contributed by atoms with Crippen molar-refractivity contribution in [2.45, 2.75) is 37.5 Å². The van der Waals surface area contributed by atoms with Gasteiger partial charge >= 0.3 is 5.91 Å². The van der Waals surface area contributed by atoms with Crippen molar-refractivity contribution in [2.24, 2.45) is 12.1 Å². The SMILES string of the molecule is CNC(=O)c1s/c(=N\[N+]2(C(=O)CCS(=O)(=O)c3ccc4cc(Cl)ccc4c3)CCCCC2)n(C)c1C. The number of hydrogen-bond acceptors (Lipinski definition) is 6. The summed E-state index contributed by atoms with van der Waals surface area (Å²) >= 11 is 7.27. The van der Waals surface area contributed by atoms with Crippen molar-refractivity contribution in [3.63, 3.8) is 0 Å². The number of aromatic nitrogens is 1. The zero-order valence-corrected chi connectivity index (χ0v) is 23.0. The van der Waals surface area contributed by atoms with Crippen LogP contribution in [0.2, 0.25) is 5.02 Å². The number of sulfone groups is 1. The molecule has 0 unspecified atom stereocenters. The highest BCUT2D eigenvalue weighted by atomic mass is 35.5. The summed E-state index contributed by atoms with van der Waals surface area (Å²) in [6, 6.07) is 10.2. The van der Waals surface area contributed by atoms with Gasteiger partial charge in [0.15, 0.2) is 9.84 Å². The molecule has 1 N–H and O–H groups in total. The number of likely N-dealkylation sites (tertiary alicyclic amines) is 1. The van der Waals surface area contributed by atoms with Gasteiger partial charge in [-0.15, -0.1) is 4.59 Å². The normalized spacial score (nSPS) is 16.3. The fourth-order valence-electron chi connectivity index (χ4n) is 4.48. The van der Waals surface area contributed by atoms with Crippen LogP contribution in [-0.4, -0.2) is 55.3 Å². The number of nitrogens with zero attached hydrogens (tertiary/aromatic N) is 3. The van der Waals surface area contributed by atoms with Crippen LogP contribution in [0.1, 0.15) is 41.0 Å². The molecule has 8 nitrogen and oxygen atoms in total. The molecule has 0 aliphatic carbocycles. The average Bonchev–Trinajstić information content (AvgIpc) is 3.15. The molecule has 36 heavy (non-hydrogen) atoms. The van der Waals surface area contributed by atoms with E-state index in [-0.39, 0.29) is 33.5 Å². The second-order valence-corrected chi connectivity index (χ2v) is 12.6. The summed E-state index contributed by atoms with van der Waals surface area (Å²) in [5.41, 5.74) is 0.765. The topological polar surface area (TPSA) is 97.6 Å². The molecule has 0 radical (unpaired) electrons. The lowest BCUT2D eigenvalue weighted by Crippen LogP contribution is -2.53. The van der Waals surface area contributed by atoms with Crippen molar-refractivity contribution in [3.05, 3.63) is 56.8 Å². The molecule has 0 bridgehead atoms. The zero-order valence-electron chi connectivity index (χ0n) is 20.6. The molecule has 2 aromatic carbocycles. The number of carbonyl (C=O) groups excluding carboxylic acids is 2. The van der Waals surface area contributed by atoms with E-state index in [4.69, 9.17) is 16.7 Å². The van der Waals surface area contributed by atoms with Crippen molar-refractivity contribution in [2.75, 3.05) is 25.9 Å². The van der Waals surface area contributed by atoms with Gasteiger partial charge in [0.25, 0.3) is 5.91 Å². The molecular weight excluding hydrogens is 520 g/mol. The van der Waals surface area contributed by atoms with E-state index in [1.54, 1.807) is 43.4 Å². The van der Waals surface area contributed by atoms with Crippen molar-refractivity contribution in [1.82, 2.24) is 9.88 Å². The van der Waals surface area contributed by atoms with Gasteiger partial charge < -0.3 is 9.88 Å². The van der Waals surface area contributed by atoms with Crippen molar-refractivity contribution in [3.8, 4) is 0 Å². The molecule has 1 fully saturated rings. The van der Waals surface area contributed by atoms with Crippen molar-refractivity contribution < 1.29 is 22.6 Å². The lowest BCUT2D eigenvalue weighted by Gasteiger charge is -2.32. The number of piperidine rings is 1. The van der Waals surface area contributed by atoms with Crippen LogP contribution < -0.4 is 10.1 Å². The fraction of sp³-hybridized carbons (Fsp3) is 0.400. The Hall–Kier alpha value is -2.53. The maximum absolute atomic E-state index is 13.6. The van der Waals surface area contributed by atoms with Crippen molar-refractivity contribution in [1.29, 1.82) is 0 Å². The Morgan fingerprint density at radius 3 is 2.47 bits per heavy atom. The first-order valence-corrected chi connectivity index (χ1v) is 14.7. The molecule has 11 heteroatoms. The van der Waals surface area contributed by atoms with E-state index in [0.29, 0.717) is 27.8 Å². The first kappa shape index (κ1) is 26.5. The van der Waals surface area contributed by atoms with Crippen LogP contribution in [-0.2, 0) is 21.7 Å². The number of hydrogen-bond donors (Lipinski definition) is 1. The molecule has 1 aliphatic heterocycles. The van der Waals surface area contributed by atoms with Gasteiger partial charge in [0.1, 0.15) is 18.0 Å². The summed E-state index contributed by atoms with van der Waals surface area (Å²) < 4.78 is 27.9.